The summed E-state index contributed by atoms with van der Waals surface area (Å²) in [6.45, 7) is 2.29. The van der Waals surface area contributed by atoms with Gasteiger partial charge in [-0.05, 0) is 31.2 Å². The summed E-state index contributed by atoms with van der Waals surface area (Å²) < 4.78 is 5.50. The highest BCUT2D eigenvalue weighted by Crippen LogP contribution is 2.34. The van der Waals surface area contributed by atoms with Crippen molar-refractivity contribution in [3.8, 4) is 0 Å². The van der Waals surface area contributed by atoms with Crippen LogP contribution in [0.1, 0.15) is 17.3 Å². The van der Waals surface area contributed by atoms with Gasteiger partial charge in [0.15, 0.2) is 4.32 Å². The van der Waals surface area contributed by atoms with Gasteiger partial charge in [0.05, 0.1) is 17.9 Å². The van der Waals surface area contributed by atoms with Gasteiger partial charge >= 0.3 is 5.97 Å². The molecule has 0 aliphatic carbocycles. The summed E-state index contributed by atoms with van der Waals surface area (Å²) in [6.07, 6.45) is 1.39. The molecule has 1 amide bonds. The highest BCUT2D eigenvalue weighted by Gasteiger charge is 2.33. The number of thiocarbonyl (C=S) groups is 1. The van der Waals surface area contributed by atoms with Crippen molar-refractivity contribution in [1.29, 1.82) is 0 Å². The third-order valence-corrected chi connectivity index (χ3v) is 3.80. The quantitative estimate of drug-likeness (QED) is 0.524. The van der Waals surface area contributed by atoms with Gasteiger partial charge in [0.25, 0.3) is 5.91 Å². The maximum Gasteiger partial charge on any atom is 0.335 e. The first-order valence-corrected chi connectivity index (χ1v) is 6.98. The third-order valence-electron chi connectivity index (χ3n) is 2.52. The molecule has 2 rings (SSSR count). The SMILES string of the molecule is CCO/C=C1/SC(=S)N(c2ccc(C(=O)O)cc2)C1=O. The second-order valence-corrected chi connectivity index (χ2v) is 5.47. The lowest BCUT2D eigenvalue weighted by Crippen LogP contribution is -2.27. The van der Waals surface area contributed by atoms with E-state index < -0.39 is 5.97 Å². The van der Waals surface area contributed by atoms with Gasteiger partial charge in [-0.15, -0.1) is 0 Å². The highest BCUT2D eigenvalue weighted by molar-refractivity contribution is 8.27. The number of aromatic carboxylic acids is 1. The molecule has 0 radical (unpaired) electrons. The number of hydrogen-bond acceptors (Lipinski definition) is 5. The molecule has 7 heteroatoms. The Bertz CT molecular complexity index is 595. The van der Waals surface area contributed by atoms with Crippen LogP contribution in [0.3, 0.4) is 0 Å². The molecule has 0 unspecified atom stereocenters. The summed E-state index contributed by atoms with van der Waals surface area (Å²) in [7, 11) is 0. The molecule has 104 valence electrons. The van der Waals surface area contributed by atoms with Gasteiger partial charge in [-0.1, -0.05) is 24.0 Å². The normalized spacial score (nSPS) is 16.9. The van der Waals surface area contributed by atoms with Crippen LogP contribution in [0.4, 0.5) is 5.69 Å². The number of anilines is 1. The summed E-state index contributed by atoms with van der Waals surface area (Å²) in [4.78, 5) is 24.8. The molecule has 1 fully saturated rings. The van der Waals surface area contributed by atoms with Gasteiger partial charge in [0, 0.05) is 0 Å². The molecule has 20 heavy (non-hydrogen) atoms. The first kappa shape index (κ1) is 14.5. The van der Waals surface area contributed by atoms with E-state index in [9.17, 15) is 9.59 Å². The van der Waals surface area contributed by atoms with E-state index in [0.717, 1.165) is 11.8 Å². The topological polar surface area (TPSA) is 66.8 Å². The Hall–Kier alpha value is -1.86. The Morgan fingerprint density at radius 3 is 2.65 bits per heavy atom. The van der Waals surface area contributed by atoms with Gasteiger partial charge in [-0.3, -0.25) is 9.69 Å². The zero-order chi connectivity index (χ0) is 14.7. The van der Waals surface area contributed by atoms with Crippen LogP contribution < -0.4 is 4.90 Å². The van der Waals surface area contributed by atoms with Crippen LogP contribution >= 0.6 is 24.0 Å². The van der Waals surface area contributed by atoms with Crippen LogP contribution in [0, 0.1) is 0 Å². The fourth-order valence-electron chi connectivity index (χ4n) is 1.59. The van der Waals surface area contributed by atoms with Gasteiger partial charge in [0.1, 0.15) is 11.2 Å². The zero-order valence-corrected chi connectivity index (χ0v) is 12.2. The van der Waals surface area contributed by atoms with Crippen molar-refractivity contribution < 1.29 is 19.4 Å². The molecular formula is C13H11NO4S2. The predicted molar refractivity (Wildman–Crippen MR) is 80.8 cm³/mol. The van der Waals surface area contributed by atoms with E-state index in [1.807, 2.05) is 6.92 Å². The molecule has 1 aliphatic rings. The number of carbonyl (C=O) groups is 2. The molecular weight excluding hydrogens is 298 g/mol. The average molecular weight is 309 g/mol. The maximum absolute atomic E-state index is 12.2. The number of carbonyl (C=O) groups excluding carboxylic acids is 1. The Morgan fingerprint density at radius 2 is 2.10 bits per heavy atom. The smallest absolute Gasteiger partial charge is 0.335 e. The van der Waals surface area contributed by atoms with Crippen molar-refractivity contribution in [2.24, 2.45) is 0 Å². The van der Waals surface area contributed by atoms with Crippen molar-refractivity contribution in [2.75, 3.05) is 11.5 Å². The van der Waals surface area contributed by atoms with Crippen LogP contribution in [-0.2, 0) is 9.53 Å². The van der Waals surface area contributed by atoms with E-state index in [2.05, 4.69) is 0 Å². The van der Waals surface area contributed by atoms with E-state index >= 15 is 0 Å². The minimum atomic E-state index is -1.02. The number of thioether (sulfide) groups is 1. The molecule has 1 saturated heterocycles. The summed E-state index contributed by atoms with van der Waals surface area (Å²) in [5.41, 5.74) is 0.696. The zero-order valence-electron chi connectivity index (χ0n) is 10.5. The number of nitrogens with zero attached hydrogens (tertiary/aromatic N) is 1. The number of amides is 1. The summed E-state index contributed by atoms with van der Waals surface area (Å²) >= 11 is 6.32. The Balaban J connectivity index is 2.26. The van der Waals surface area contributed by atoms with Gasteiger partial charge < -0.3 is 9.84 Å². The minimum Gasteiger partial charge on any atom is -0.500 e. The van der Waals surface area contributed by atoms with Crippen molar-refractivity contribution in [3.05, 3.63) is 41.0 Å². The summed E-state index contributed by atoms with van der Waals surface area (Å²) in [5, 5.41) is 8.85. The first-order chi connectivity index (χ1) is 9.54. The monoisotopic (exact) mass is 309 g/mol. The van der Waals surface area contributed by atoms with Crippen LogP contribution in [-0.4, -0.2) is 27.9 Å². The summed E-state index contributed by atoms with van der Waals surface area (Å²) in [5.74, 6) is -1.28. The Labute approximate surface area is 125 Å². The maximum atomic E-state index is 12.2. The van der Waals surface area contributed by atoms with Crippen LogP contribution in [0.15, 0.2) is 35.4 Å². The van der Waals surface area contributed by atoms with E-state index in [-0.39, 0.29) is 11.5 Å². The first-order valence-electron chi connectivity index (χ1n) is 5.76. The average Bonchev–Trinajstić information content (AvgIpc) is 2.71. The lowest BCUT2D eigenvalue weighted by atomic mass is 10.2. The molecule has 0 spiro atoms. The molecule has 0 aromatic heterocycles. The third kappa shape index (κ3) is 2.83. The molecule has 0 saturated carbocycles. The second kappa shape index (κ2) is 6.06. The van der Waals surface area contributed by atoms with Crippen molar-refractivity contribution in [3.63, 3.8) is 0 Å². The molecule has 0 atom stereocenters. The molecule has 1 N–H and O–H groups in total. The fraction of sp³-hybridized carbons (Fsp3) is 0.154. The predicted octanol–water partition coefficient (Wildman–Crippen LogP) is 2.63. The van der Waals surface area contributed by atoms with Crippen molar-refractivity contribution in [2.45, 2.75) is 6.92 Å². The molecule has 1 aromatic rings. The number of carboxylic acid groups (broad SMARTS) is 1. The number of carboxylic acids is 1. The molecule has 1 aromatic carbocycles. The van der Waals surface area contributed by atoms with E-state index in [4.69, 9.17) is 22.1 Å². The van der Waals surface area contributed by atoms with Crippen molar-refractivity contribution >= 4 is 45.9 Å². The van der Waals surface area contributed by atoms with Crippen LogP contribution in [0.25, 0.3) is 0 Å². The lowest BCUT2D eigenvalue weighted by molar-refractivity contribution is -0.113. The number of ether oxygens (including phenoxy) is 1. The molecule has 1 aliphatic heterocycles. The van der Waals surface area contributed by atoms with Gasteiger partial charge in [-0.2, -0.15) is 0 Å². The number of benzene rings is 1. The minimum absolute atomic E-state index is 0.157. The second-order valence-electron chi connectivity index (χ2n) is 3.80. The van der Waals surface area contributed by atoms with E-state index in [1.54, 1.807) is 12.1 Å². The highest BCUT2D eigenvalue weighted by atomic mass is 32.2. The molecule has 0 bridgehead atoms. The van der Waals surface area contributed by atoms with E-state index in [1.165, 1.54) is 23.3 Å². The van der Waals surface area contributed by atoms with Gasteiger partial charge in [0.2, 0.25) is 0 Å². The van der Waals surface area contributed by atoms with Crippen LogP contribution in [0.2, 0.25) is 0 Å². The molecule has 5 nitrogen and oxygen atoms in total. The fourth-order valence-corrected chi connectivity index (χ4v) is 2.81. The number of hydrogen-bond donors (Lipinski definition) is 1. The van der Waals surface area contributed by atoms with Crippen molar-refractivity contribution in [1.82, 2.24) is 0 Å². The lowest BCUT2D eigenvalue weighted by Gasteiger charge is -2.14. The molecule has 1 heterocycles. The Kier molecular flexibility index (Phi) is 4.41. The van der Waals surface area contributed by atoms with Gasteiger partial charge in [-0.25, -0.2) is 4.79 Å². The Morgan fingerprint density at radius 1 is 1.45 bits per heavy atom. The summed E-state index contributed by atoms with van der Waals surface area (Å²) in [6, 6.07) is 5.97. The van der Waals surface area contributed by atoms with E-state index in [0.29, 0.717) is 21.5 Å². The standard InChI is InChI=1S/C13H11NO4S2/c1-2-18-7-10-11(15)14(13(19)20-10)9-5-3-8(4-6-9)12(16)17/h3-7H,2H2,1H3,(H,16,17)/b10-7+. The van der Waals surface area contributed by atoms with Crippen LogP contribution in [0.5, 0.6) is 0 Å². The number of rotatable bonds is 4. The largest absolute Gasteiger partial charge is 0.500 e.